The monoisotopic (exact) mass is 397 g/mol. The van der Waals surface area contributed by atoms with Crippen LogP contribution in [0.4, 0.5) is 11.4 Å². The Kier molecular flexibility index (Phi) is 4.68. The van der Waals surface area contributed by atoms with Gasteiger partial charge in [0.2, 0.25) is 10.0 Å². The van der Waals surface area contributed by atoms with Crippen molar-refractivity contribution in [3.05, 3.63) is 53.6 Å². The molecule has 4 rings (SSSR count). The van der Waals surface area contributed by atoms with Crippen LogP contribution in [0.25, 0.3) is 0 Å². The van der Waals surface area contributed by atoms with Crippen molar-refractivity contribution in [1.29, 1.82) is 5.26 Å². The molecular weight excluding hydrogens is 374 g/mol. The fourth-order valence-electron chi connectivity index (χ4n) is 3.93. The van der Waals surface area contributed by atoms with Gasteiger partial charge in [-0.2, -0.15) is 5.26 Å². The first kappa shape index (κ1) is 18.6. The van der Waals surface area contributed by atoms with Gasteiger partial charge in [0.1, 0.15) is 5.75 Å². The lowest BCUT2D eigenvalue weighted by Crippen LogP contribution is -2.28. The van der Waals surface area contributed by atoms with Gasteiger partial charge in [0.05, 0.1) is 31.4 Å². The molecule has 1 saturated carbocycles. The highest BCUT2D eigenvalue weighted by Gasteiger charge is 2.42. The van der Waals surface area contributed by atoms with Gasteiger partial charge >= 0.3 is 0 Å². The molecule has 28 heavy (non-hydrogen) atoms. The smallest absolute Gasteiger partial charge is 0.229 e. The zero-order valence-electron chi connectivity index (χ0n) is 15.9. The molecule has 0 radical (unpaired) electrons. The van der Waals surface area contributed by atoms with E-state index in [4.69, 9.17) is 4.74 Å². The van der Waals surface area contributed by atoms with Crippen molar-refractivity contribution in [2.75, 3.05) is 29.5 Å². The number of ether oxygens (including phenoxy) is 1. The Morgan fingerprint density at radius 3 is 2.50 bits per heavy atom. The number of hydrogen-bond donors (Lipinski definition) is 1. The molecule has 0 amide bonds. The summed E-state index contributed by atoms with van der Waals surface area (Å²) in [5.41, 5.74) is 3.60. The third-order valence-electron chi connectivity index (χ3n) is 5.38. The number of fused-ring (bicyclic) bond motifs is 1. The zero-order valence-corrected chi connectivity index (χ0v) is 16.7. The zero-order chi connectivity index (χ0) is 19.9. The highest BCUT2D eigenvalue weighted by Crippen LogP contribution is 2.51. The minimum atomic E-state index is -3.32. The maximum absolute atomic E-state index is 11.5. The largest absolute Gasteiger partial charge is 0.497 e. The van der Waals surface area contributed by atoms with E-state index in [1.54, 1.807) is 19.2 Å². The Bertz CT molecular complexity index is 1020. The summed E-state index contributed by atoms with van der Waals surface area (Å²) in [5, 5.41) is 9.95. The highest BCUT2D eigenvalue weighted by molar-refractivity contribution is 7.92. The fourth-order valence-corrected chi connectivity index (χ4v) is 4.49. The normalized spacial score (nSPS) is 21.1. The van der Waals surface area contributed by atoms with E-state index >= 15 is 0 Å². The number of benzene rings is 2. The lowest BCUT2D eigenvalue weighted by Gasteiger charge is -2.29. The summed E-state index contributed by atoms with van der Waals surface area (Å²) < 4.78 is 30.8. The summed E-state index contributed by atoms with van der Waals surface area (Å²) in [4.78, 5) is 2.32. The predicted molar refractivity (Wildman–Crippen MR) is 109 cm³/mol. The van der Waals surface area contributed by atoms with Crippen molar-refractivity contribution < 1.29 is 13.2 Å². The average Bonchev–Trinajstić information content (AvgIpc) is 3.43. The minimum Gasteiger partial charge on any atom is -0.497 e. The maximum atomic E-state index is 11.5. The molecule has 1 N–H and O–H groups in total. The molecule has 146 valence electrons. The van der Waals surface area contributed by atoms with Gasteiger partial charge in [-0.05, 0) is 48.1 Å². The summed E-state index contributed by atoms with van der Waals surface area (Å²) in [6, 6.07) is 15.6. The molecule has 1 aliphatic carbocycles. The molecule has 2 unspecified atom stereocenters. The van der Waals surface area contributed by atoms with Gasteiger partial charge in [-0.15, -0.1) is 0 Å². The van der Waals surface area contributed by atoms with Crippen LogP contribution in [0.1, 0.15) is 35.9 Å². The fraction of sp³-hybridized carbons (Fsp3) is 0.381. The lowest BCUT2D eigenvalue weighted by molar-refractivity contribution is 0.415. The minimum absolute atomic E-state index is 0.0972. The van der Waals surface area contributed by atoms with Crippen LogP contribution in [0, 0.1) is 17.2 Å². The molecule has 1 heterocycles. The van der Waals surface area contributed by atoms with Gasteiger partial charge in [-0.1, -0.05) is 18.2 Å². The Morgan fingerprint density at radius 2 is 1.93 bits per heavy atom. The quantitative estimate of drug-likeness (QED) is 0.805. The van der Waals surface area contributed by atoms with Crippen molar-refractivity contribution in [2.24, 2.45) is 5.92 Å². The molecule has 1 fully saturated rings. The number of rotatable bonds is 6. The summed E-state index contributed by atoms with van der Waals surface area (Å²) in [6.45, 7) is 0.909. The molecule has 0 spiro atoms. The molecule has 2 atom stereocenters. The molecule has 1 aliphatic heterocycles. The van der Waals surface area contributed by atoms with Crippen LogP contribution in [-0.4, -0.2) is 28.3 Å². The van der Waals surface area contributed by atoms with E-state index in [9.17, 15) is 13.7 Å². The first-order valence-electron chi connectivity index (χ1n) is 9.31. The van der Waals surface area contributed by atoms with E-state index in [-0.39, 0.29) is 12.0 Å². The third kappa shape index (κ3) is 3.65. The number of nitrogens with one attached hydrogen (secondary N) is 1. The van der Waals surface area contributed by atoms with Crippen molar-refractivity contribution in [2.45, 2.75) is 24.8 Å². The number of nitrogens with zero attached hydrogens (tertiary/aromatic N) is 2. The molecule has 2 aromatic carbocycles. The van der Waals surface area contributed by atoms with Gasteiger partial charge < -0.3 is 9.64 Å². The van der Waals surface area contributed by atoms with E-state index in [1.807, 2.05) is 30.3 Å². The molecule has 2 aromatic rings. The van der Waals surface area contributed by atoms with Crippen molar-refractivity contribution in [3.8, 4) is 11.8 Å². The molecule has 0 aromatic heterocycles. The highest BCUT2D eigenvalue weighted by atomic mass is 32.2. The van der Waals surface area contributed by atoms with Crippen molar-refractivity contribution in [3.63, 3.8) is 0 Å². The van der Waals surface area contributed by atoms with Gasteiger partial charge in [0.25, 0.3) is 0 Å². The molecule has 0 bridgehead atoms. The third-order valence-corrected chi connectivity index (χ3v) is 5.99. The van der Waals surface area contributed by atoms with Crippen molar-refractivity contribution in [1.82, 2.24) is 0 Å². The van der Waals surface area contributed by atoms with Crippen LogP contribution >= 0.6 is 0 Å². The average molecular weight is 398 g/mol. The first-order valence-corrected chi connectivity index (χ1v) is 11.2. The lowest BCUT2D eigenvalue weighted by atomic mass is 9.91. The number of sulfonamides is 1. The SMILES string of the molecule is COc1ccc2c(c1)N(CC1CC1)C(c1ccc(NS(C)(=O)=O)cc1)C2C#N. The summed E-state index contributed by atoms with van der Waals surface area (Å²) >= 11 is 0. The molecule has 7 heteroatoms. The van der Waals surface area contributed by atoms with Crippen LogP contribution < -0.4 is 14.4 Å². The van der Waals surface area contributed by atoms with Gasteiger partial charge in [-0.25, -0.2) is 8.42 Å². The van der Waals surface area contributed by atoms with Gasteiger partial charge in [0.15, 0.2) is 0 Å². The van der Waals surface area contributed by atoms with Crippen LogP contribution in [0.5, 0.6) is 5.75 Å². The molecule has 0 saturated heterocycles. The van der Waals surface area contributed by atoms with Gasteiger partial charge in [0, 0.05) is 24.0 Å². The number of hydrogen-bond acceptors (Lipinski definition) is 5. The second-order valence-electron chi connectivity index (χ2n) is 7.57. The number of anilines is 2. The van der Waals surface area contributed by atoms with E-state index in [0.29, 0.717) is 11.6 Å². The summed E-state index contributed by atoms with van der Waals surface area (Å²) in [5.74, 6) is 1.16. The Morgan fingerprint density at radius 1 is 1.21 bits per heavy atom. The summed E-state index contributed by atoms with van der Waals surface area (Å²) in [7, 11) is -1.67. The van der Waals surface area contributed by atoms with Crippen LogP contribution in [0.15, 0.2) is 42.5 Å². The van der Waals surface area contributed by atoms with Crippen LogP contribution in [0.3, 0.4) is 0 Å². The standard InChI is InChI=1S/C21H23N3O3S/c1-27-17-9-10-18-19(12-22)21(24(20(18)11-17)13-14-3-4-14)15-5-7-16(8-6-15)23-28(2,25)26/h5-11,14,19,21,23H,3-4,13H2,1-2H3. The Hall–Kier alpha value is -2.72. The molecule has 6 nitrogen and oxygen atoms in total. The van der Waals surface area contributed by atoms with Crippen molar-refractivity contribution >= 4 is 21.4 Å². The van der Waals surface area contributed by atoms with E-state index in [0.717, 1.165) is 35.4 Å². The molecular formula is C21H23N3O3S. The van der Waals surface area contributed by atoms with Gasteiger partial charge in [-0.3, -0.25) is 4.72 Å². The second kappa shape index (κ2) is 7.02. The number of nitriles is 1. The Labute approximate surface area is 165 Å². The van der Waals surface area contributed by atoms with E-state index in [2.05, 4.69) is 15.7 Å². The summed E-state index contributed by atoms with van der Waals surface area (Å²) in [6.07, 6.45) is 3.57. The predicted octanol–water partition coefficient (Wildman–Crippen LogP) is 3.65. The second-order valence-corrected chi connectivity index (χ2v) is 9.32. The first-order chi connectivity index (χ1) is 13.4. The number of methoxy groups -OCH3 is 1. The molecule has 2 aliphatic rings. The van der Waals surface area contributed by atoms with Crippen LogP contribution in [0.2, 0.25) is 0 Å². The van der Waals surface area contributed by atoms with Crippen LogP contribution in [-0.2, 0) is 10.0 Å². The Balaban J connectivity index is 1.72. The maximum Gasteiger partial charge on any atom is 0.229 e. The topological polar surface area (TPSA) is 82.4 Å². The van der Waals surface area contributed by atoms with E-state index < -0.39 is 10.0 Å². The van der Waals surface area contributed by atoms with E-state index in [1.165, 1.54) is 12.8 Å².